The van der Waals surface area contributed by atoms with Gasteiger partial charge in [0.25, 0.3) is 0 Å². The highest BCUT2D eigenvalue weighted by molar-refractivity contribution is 5.84. The van der Waals surface area contributed by atoms with E-state index in [1.54, 1.807) is 18.2 Å². The molecular formula is C22H25NO4. The van der Waals surface area contributed by atoms with E-state index in [4.69, 9.17) is 14.2 Å². The Morgan fingerprint density at radius 2 is 1.78 bits per heavy atom. The highest BCUT2D eigenvalue weighted by Crippen LogP contribution is 2.65. The maximum atomic E-state index is 12.8. The summed E-state index contributed by atoms with van der Waals surface area (Å²) in [5, 5.41) is 0. The maximum Gasteiger partial charge on any atom is 0.321 e. The fraction of sp³-hybridized carbons (Fsp3) is 0.364. The van der Waals surface area contributed by atoms with Crippen LogP contribution in [0.4, 0.5) is 0 Å². The third-order valence-corrected chi connectivity index (χ3v) is 5.31. The molecule has 1 aromatic heterocycles. The molecule has 0 bridgehead atoms. The summed E-state index contributed by atoms with van der Waals surface area (Å²) in [5.74, 6) is 0.903. The van der Waals surface area contributed by atoms with Gasteiger partial charge in [-0.2, -0.15) is 4.98 Å². The Hall–Kier alpha value is -2.66. The summed E-state index contributed by atoms with van der Waals surface area (Å²) in [7, 11) is 0. The van der Waals surface area contributed by atoms with Gasteiger partial charge in [-0.25, -0.2) is 0 Å². The van der Waals surface area contributed by atoms with E-state index < -0.39 is 5.41 Å². The van der Waals surface area contributed by atoms with Crippen LogP contribution < -0.4 is 9.47 Å². The zero-order chi connectivity index (χ0) is 19.5. The smallest absolute Gasteiger partial charge is 0.321 e. The first kappa shape index (κ1) is 19.1. The van der Waals surface area contributed by atoms with Gasteiger partial charge in [0.05, 0.1) is 18.1 Å². The molecule has 2 atom stereocenters. The highest BCUT2D eigenvalue weighted by Gasteiger charge is 2.75. The van der Waals surface area contributed by atoms with Gasteiger partial charge in [-0.15, -0.1) is 0 Å². The van der Waals surface area contributed by atoms with Crippen LogP contribution in [-0.4, -0.2) is 23.7 Å². The van der Waals surface area contributed by atoms with Gasteiger partial charge >= 0.3 is 5.97 Å². The fourth-order valence-electron chi connectivity index (χ4n) is 3.24. The predicted octanol–water partition coefficient (Wildman–Crippen LogP) is 4.79. The van der Waals surface area contributed by atoms with Crippen LogP contribution in [0.25, 0.3) is 0 Å². The summed E-state index contributed by atoms with van der Waals surface area (Å²) in [5.41, 5.74) is -1.02. The first-order valence-electron chi connectivity index (χ1n) is 9.04. The van der Waals surface area contributed by atoms with Crippen molar-refractivity contribution in [3.63, 3.8) is 0 Å². The number of pyridine rings is 1. The van der Waals surface area contributed by atoms with E-state index in [0.717, 1.165) is 0 Å². The number of para-hydroxylation sites is 1. The van der Waals surface area contributed by atoms with E-state index in [1.165, 1.54) is 0 Å². The molecule has 1 aromatic carbocycles. The molecule has 0 radical (unpaired) electrons. The summed E-state index contributed by atoms with van der Waals surface area (Å²) in [4.78, 5) is 17.1. The second kappa shape index (κ2) is 7.53. The van der Waals surface area contributed by atoms with Crippen LogP contribution >= 0.6 is 0 Å². The highest BCUT2D eigenvalue weighted by atomic mass is 16.6. The van der Waals surface area contributed by atoms with Crippen molar-refractivity contribution in [3.05, 3.63) is 60.7 Å². The Morgan fingerprint density at radius 1 is 1.07 bits per heavy atom. The lowest BCUT2D eigenvalue weighted by atomic mass is 9.99. The second-order valence-corrected chi connectivity index (χ2v) is 7.33. The number of allylic oxidation sites excluding steroid dienone is 1. The van der Waals surface area contributed by atoms with Gasteiger partial charge in [0.1, 0.15) is 5.75 Å². The molecule has 0 N–H and O–H groups in total. The van der Waals surface area contributed by atoms with Crippen LogP contribution in [0.5, 0.6) is 17.5 Å². The summed E-state index contributed by atoms with van der Waals surface area (Å²) in [6.45, 7) is 8.31. The van der Waals surface area contributed by atoms with Gasteiger partial charge in [-0.05, 0) is 26.0 Å². The average molecular weight is 367 g/mol. The van der Waals surface area contributed by atoms with Gasteiger partial charge in [-0.3, -0.25) is 4.79 Å². The molecule has 0 amide bonds. The third-order valence-electron chi connectivity index (χ3n) is 5.31. The van der Waals surface area contributed by atoms with Crippen LogP contribution in [0.1, 0.15) is 27.7 Å². The average Bonchev–Trinajstić information content (AvgIpc) is 3.09. The van der Waals surface area contributed by atoms with Crippen LogP contribution in [0.15, 0.2) is 60.7 Å². The molecule has 5 heteroatoms. The zero-order valence-electron chi connectivity index (χ0n) is 16.1. The Labute approximate surface area is 160 Å². The van der Waals surface area contributed by atoms with Crippen molar-refractivity contribution in [1.82, 2.24) is 4.98 Å². The molecular weight excluding hydrogens is 342 g/mol. The minimum Gasteiger partial charge on any atom is -0.439 e. The van der Waals surface area contributed by atoms with Crippen LogP contribution in [0.2, 0.25) is 0 Å². The number of rotatable bonds is 7. The van der Waals surface area contributed by atoms with Crippen molar-refractivity contribution < 1.29 is 19.0 Å². The number of benzene rings is 1. The fourth-order valence-corrected chi connectivity index (χ4v) is 3.24. The van der Waals surface area contributed by atoms with Crippen molar-refractivity contribution in [2.75, 3.05) is 6.61 Å². The molecule has 3 rings (SSSR count). The molecule has 27 heavy (non-hydrogen) atoms. The van der Waals surface area contributed by atoms with E-state index in [1.807, 2.05) is 70.2 Å². The van der Waals surface area contributed by atoms with E-state index in [-0.39, 0.29) is 23.4 Å². The number of esters is 1. The lowest BCUT2D eigenvalue weighted by Crippen LogP contribution is -2.25. The molecule has 1 saturated carbocycles. The molecule has 1 heterocycles. The van der Waals surface area contributed by atoms with E-state index >= 15 is 0 Å². The number of aromatic nitrogens is 1. The lowest BCUT2D eigenvalue weighted by Gasteiger charge is -2.13. The van der Waals surface area contributed by atoms with Gasteiger partial charge in [0, 0.05) is 17.5 Å². The summed E-state index contributed by atoms with van der Waals surface area (Å²) < 4.78 is 17.1. The summed E-state index contributed by atoms with van der Waals surface area (Å²) >= 11 is 0. The van der Waals surface area contributed by atoms with Gasteiger partial charge in [-0.1, -0.05) is 50.3 Å². The van der Waals surface area contributed by atoms with Gasteiger partial charge in [0.2, 0.25) is 11.8 Å². The van der Waals surface area contributed by atoms with Crippen LogP contribution in [0, 0.1) is 10.8 Å². The first-order chi connectivity index (χ1) is 12.9. The zero-order valence-corrected chi connectivity index (χ0v) is 16.1. The number of ether oxygens (including phenoxy) is 3. The molecule has 1 fully saturated rings. The van der Waals surface area contributed by atoms with Crippen molar-refractivity contribution >= 4 is 5.97 Å². The Balaban J connectivity index is 1.68. The summed E-state index contributed by atoms with van der Waals surface area (Å²) in [6.07, 6.45) is 3.65. The monoisotopic (exact) mass is 367 g/mol. The largest absolute Gasteiger partial charge is 0.439 e. The maximum absolute atomic E-state index is 12.8. The molecule has 0 aliphatic heterocycles. The molecule has 1 aliphatic carbocycles. The molecule has 2 aromatic rings. The normalized spacial score (nSPS) is 23.2. The number of nitrogens with zero attached hydrogens (tertiary/aromatic N) is 1. The molecule has 0 spiro atoms. The Kier molecular flexibility index (Phi) is 5.33. The summed E-state index contributed by atoms with van der Waals surface area (Å²) in [6, 6.07) is 14.4. The molecule has 0 saturated heterocycles. The molecule has 142 valence electrons. The number of hydrogen-bond acceptors (Lipinski definition) is 5. The van der Waals surface area contributed by atoms with Crippen molar-refractivity contribution in [2.24, 2.45) is 10.8 Å². The number of carbonyl (C=O) groups is 1. The SMILES string of the molecule is CC=CCOC1C(C)(C)C1(C)C(=O)Oc1cccc(Oc2ccccc2)n1. The standard InChI is InChI=1S/C22H25NO4/c1-5-6-15-25-19-21(2,3)22(19,4)20(24)27-18-14-10-13-17(23-18)26-16-11-8-7-9-12-16/h5-14,19H,15H2,1-4H3. The van der Waals surface area contributed by atoms with Crippen molar-refractivity contribution in [2.45, 2.75) is 33.8 Å². The van der Waals surface area contributed by atoms with E-state index in [9.17, 15) is 4.79 Å². The number of hydrogen-bond donors (Lipinski definition) is 0. The lowest BCUT2D eigenvalue weighted by molar-refractivity contribution is -0.142. The van der Waals surface area contributed by atoms with E-state index in [0.29, 0.717) is 18.2 Å². The van der Waals surface area contributed by atoms with E-state index in [2.05, 4.69) is 4.98 Å². The van der Waals surface area contributed by atoms with Crippen molar-refractivity contribution in [3.8, 4) is 17.5 Å². The van der Waals surface area contributed by atoms with Gasteiger partial charge in [0.15, 0.2) is 0 Å². The third kappa shape index (κ3) is 3.74. The minimum atomic E-state index is -0.716. The predicted molar refractivity (Wildman–Crippen MR) is 103 cm³/mol. The Bertz CT molecular complexity index is 831. The van der Waals surface area contributed by atoms with Gasteiger partial charge < -0.3 is 14.2 Å². The minimum absolute atomic E-state index is 0.197. The Morgan fingerprint density at radius 3 is 2.48 bits per heavy atom. The number of carbonyl (C=O) groups excluding carboxylic acids is 1. The first-order valence-corrected chi connectivity index (χ1v) is 9.04. The second-order valence-electron chi connectivity index (χ2n) is 7.33. The molecule has 5 nitrogen and oxygen atoms in total. The molecule has 1 aliphatic rings. The topological polar surface area (TPSA) is 57.7 Å². The van der Waals surface area contributed by atoms with Crippen LogP contribution in [-0.2, 0) is 9.53 Å². The van der Waals surface area contributed by atoms with Crippen LogP contribution in [0.3, 0.4) is 0 Å². The van der Waals surface area contributed by atoms with Crippen molar-refractivity contribution in [1.29, 1.82) is 0 Å². The quantitative estimate of drug-likeness (QED) is 0.520. The molecule has 2 unspecified atom stereocenters.